The number of anilines is 1. The Morgan fingerprint density at radius 3 is 2.00 bits per heavy atom. The Kier molecular flexibility index (Phi) is 8.01. The predicted octanol–water partition coefficient (Wildman–Crippen LogP) is 2.91. The Balaban J connectivity index is 1.80. The number of carbonyl (C=O) groups excluding carboxylic acids is 3. The van der Waals surface area contributed by atoms with Crippen molar-refractivity contribution in [1.82, 2.24) is 5.32 Å². The summed E-state index contributed by atoms with van der Waals surface area (Å²) >= 11 is 0. The van der Waals surface area contributed by atoms with Crippen LogP contribution in [-0.4, -0.2) is 45.2 Å². The molecule has 31 heavy (non-hydrogen) atoms. The highest BCUT2D eigenvalue weighted by atomic mass is 16.5. The van der Waals surface area contributed by atoms with Crippen molar-refractivity contribution < 1.29 is 28.6 Å². The van der Waals surface area contributed by atoms with E-state index in [4.69, 9.17) is 14.2 Å². The molecule has 2 amide bonds. The summed E-state index contributed by atoms with van der Waals surface area (Å²) in [7, 11) is 2.99. The zero-order valence-corrected chi connectivity index (χ0v) is 18.4. The molecule has 0 atom stereocenters. The van der Waals surface area contributed by atoms with Crippen LogP contribution in [0.4, 0.5) is 5.69 Å². The van der Waals surface area contributed by atoms with Gasteiger partial charge in [0.25, 0.3) is 11.8 Å². The molecule has 0 unspecified atom stereocenters. The predicted molar refractivity (Wildman–Crippen MR) is 117 cm³/mol. The average Bonchev–Trinajstić information content (AvgIpc) is 2.75. The third kappa shape index (κ3) is 7.33. The number of rotatable bonds is 8. The summed E-state index contributed by atoms with van der Waals surface area (Å²) in [5.41, 5.74) is 1.95. The van der Waals surface area contributed by atoms with E-state index < -0.39 is 24.4 Å². The maximum atomic E-state index is 12.2. The summed E-state index contributed by atoms with van der Waals surface area (Å²) < 4.78 is 15.2. The van der Waals surface area contributed by atoms with Crippen LogP contribution in [0.1, 0.15) is 36.7 Å². The van der Waals surface area contributed by atoms with E-state index in [1.54, 1.807) is 30.3 Å². The third-order valence-corrected chi connectivity index (χ3v) is 4.41. The van der Waals surface area contributed by atoms with Gasteiger partial charge in [-0.25, -0.2) is 0 Å². The number of nitrogens with one attached hydrogen (secondary N) is 2. The average molecular weight is 428 g/mol. The lowest BCUT2D eigenvalue weighted by Crippen LogP contribution is -2.32. The van der Waals surface area contributed by atoms with Gasteiger partial charge in [0.1, 0.15) is 18.0 Å². The molecule has 2 aromatic rings. The van der Waals surface area contributed by atoms with Crippen molar-refractivity contribution in [3.63, 3.8) is 0 Å². The second kappa shape index (κ2) is 10.5. The van der Waals surface area contributed by atoms with Crippen LogP contribution in [0.5, 0.6) is 11.5 Å². The van der Waals surface area contributed by atoms with E-state index in [-0.39, 0.29) is 12.0 Å². The molecule has 0 saturated heterocycles. The summed E-state index contributed by atoms with van der Waals surface area (Å²) in [6, 6.07) is 12.0. The third-order valence-electron chi connectivity index (χ3n) is 4.41. The standard InChI is InChI=1S/C23H28N2O6/c1-23(2,3)16-8-6-15(7-9-16)22(28)24-13-21(27)31-14-20(26)25-17-10-18(29-4)12-19(11-17)30-5/h6-12H,13-14H2,1-5H3,(H,24,28)(H,25,26). The number of ether oxygens (including phenoxy) is 3. The number of hydrogen-bond donors (Lipinski definition) is 2. The van der Waals surface area contributed by atoms with Gasteiger partial charge in [-0.05, 0) is 23.1 Å². The molecule has 8 heteroatoms. The van der Waals surface area contributed by atoms with Crippen LogP contribution in [-0.2, 0) is 19.7 Å². The van der Waals surface area contributed by atoms with Crippen molar-refractivity contribution in [2.45, 2.75) is 26.2 Å². The molecular weight excluding hydrogens is 400 g/mol. The van der Waals surface area contributed by atoms with Gasteiger partial charge in [0.2, 0.25) is 0 Å². The van der Waals surface area contributed by atoms with Crippen molar-refractivity contribution in [2.75, 3.05) is 32.7 Å². The fourth-order valence-electron chi connectivity index (χ4n) is 2.65. The van der Waals surface area contributed by atoms with Crippen LogP contribution >= 0.6 is 0 Å². The lowest BCUT2D eigenvalue weighted by atomic mass is 9.87. The first kappa shape index (κ1) is 23.7. The van der Waals surface area contributed by atoms with Gasteiger partial charge in [-0.1, -0.05) is 32.9 Å². The largest absolute Gasteiger partial charge is 0.497 e. The highest BCUT2D eigenvalue weighted by molar-refractivity contribution is 5.96. The molecule has 0 saturated carbocycles. The molecule has 0 fully saturated rings. The van der Waals surface area contributed by atoms with Crippen molar-refractivity contribution in [3.05, 3.63) is 53.6 Å². The van der Waals surface area contributed by atoms with Gasteiger partial charge < -0.3 is 24.8 Å². The van der Waals surface area contributed by atoms with Crippen LogP contribution in [0.2, 0.25) is 0 Å². The van der Waals surface area contributed by atoms with Crippen molar-refractivity contribution in [3.8, 4) is 11.5 Å². The minimum absolute atomic E-state index is 0.0185. The molecule has 8 nitrogen and oxygen atoms in total. The lowest BCUT2D eigenvalue weighted by Gasteiger charge is -2.19. The molecule has 0 aliphatic carbocycles. The van der Waals surface area contributed by atoms with E-state index in [1.807, 2.05) is 12.1 Å². The Morgan fingerprint density at radius 1 is 0.903 bits per heavy atom. The van der Waals surface area contributed by atoms with E-state index in [0.29, 0.717) is 22.7 Å². The maximum absolute atomic E-state index is 12.2. The SMILES string of the molecule is COc1cc(NC(=O)COC(=O)CNC(=O)c2ccc(C(C)(C)C)cc2)cc(OC)c1. The molecule has 0 bridgehead atoms. The number of hydrogen-bond acceptors (Lipinski definition) is 6. The zero-order valence-electron chi connectivity index (χ0n) is 18.4. The summed E-state index contributed by atoms with van der Waals surface area (Å²) in [5, 5.41) is 5.07. The van der Waals surface area contributed by atoms with Gasteiger partial charge in [0.15, 0.2) is 6.61 Å². The smallest absolute Gasteiger partial charge is 0.325 e. The van der Waals surface area contributed by atoms with Gasteiger partial charge in [-0.3, -0.25) is 14.4 Å². The number of carbonyl (C=O) groups is 3. The van der Waals surface area contributed by atoms with Crippen LogP contribution < -0.4 is 20.1 Å². The molecule has 0 aliphatic rings. The Bertz CT molecular complexity index is 910. The number of amides is 2. The maximum Gasteiger partial charge on any atom is 0.325 e. The van der Waals surface area contributed by atoms with E-state index in [9.17, 15) is 14.4 Å². The summed E-state index contributed by atoms with van der Waals surface area (Å²) in [6.07, 6.45) is 0. The summed E-state index contributed by atoms with van der Waals surface area (Å²) in [4.78, 5) is 36.1. The second-order valence-corrected chi connectivity index (χ2v) is 7.82. The first-order valence-electron chi connectivity index (χ1n) is 9.69. The van der Waals surface area contributed by atoms with Crippen LogP contribution in [0, 0.1) is 0 Å². The normalized spacial score (nSPS) is 10.7. The van der Waals surface area contributed by atoms with E-state index in [0.717, 1.165) is 5.56 Å². The molecule has 0 aliphatic heterocycles. The zero-order chi connectivity index (χ0) is 23.0. The van der Waals surface area contributed by atoms with Gasteiger partial charge >= 0.3 is 5.97 Å². The van der Waals surface area contributed by atoms with Crippen molar-refractivity contribution in [1.29, 1.82) is 0 Å². The van der Waals surface area contributed by atoms with Gasteiger partial charge in [-0.2, -0.15) is 0 Å². The molecule has 0 aromatic heterocycles. The van der Waals surface area contributed by atoms with E-state index in [2.05, 4.69) is 31.4 Å². The molecule has 0 heterocycles. The van der Waals surface area contributed by atoms with Gasteiger partial charge in [-0.15, -0.1) is 0 Å². The van der Waals surface area contributed by atoms with Crippen molar-refractivity contribution >= 4 is 23.5 Å². The summed E-state index contributed by atoms with van der Waals surface area (Å²) in [6.45, 7) is 5.41. The first-order valence-corrected chi connectivity index (χ1v) is 9.69. The molecular formula is C23H28N2O6. The fraction of sp³-hybridized carbons (Fsp3) is 0.348. The topological polar surface area (TPSA) is 103 Å². The summed E-state index contributed by atoms with van der Waals surface area (Å²) in [5.74, 6) is -0.647. The Morgan fingerprint density at radius 2 is 1.48 bits per heavy atom. The van der Waals surface area contributed by atoms with Crippen LogP contribution in [0.25, 0.3) is 0 Å². The molecule has 0 spiro atoms. The van der Waals surface area contributed by atoms with Crippen LogP contribution in [0.3, 0.4) is 0 Å². The second-order valence-electron chi connectivity index (χ2n) is 7.82. The Hall–Kier alpha value is -3.55. The van der Waals surface area contributed by atoms with E-state index >= 15 is 0 Å². The molecule has 2 rings (SSSR count). The minimum Gasteiger partial charge on any atom is -0.497 e. The molecule has 166 valence electrons. The van der Waals surface area contributed by atoms with Gasteiger partial charge in [0, 0.05) is 29.4 Å². The highest BCUT2D eigenvalue weighted by Gasteiger charge is 2.15. The number of benzene rings is 2. The molecule has 2 aromatic carbocycles. The minimum atomic E-state index is -0.724. The fourth-order valence-corrected chi connectivity index (χ4v) is 2.65. The van der Waals surface area contributed by atoms with Crippen LogP contribution in [0.15, 0.2) is 42.5 Å². The lowest BCUT2D eigenvalue weighted by molar-refractivity contribution is -0.146. The Labute approximate surface area is 181 Å². The van der Waals surface area contributed by atoms with E-state index in [1.165, 1.54) is 14.2 Å². The monoisotopic (exact) mass is 428 g/mol. The first-order chi connectivity index (χ1) is 14.6. The number of methoxy groups -OCH3 is 2. The highest BCUT2D eigenvalue weighted by Crippen LogP contribution is 2.25. The van der Waals surface area contributed by atoms with Gasteiger partial charge in [0.05, 0.1) is 14.2 Å². The molecule has 0 radical (unpaired) electrons. The molecule has 2 N–H and O–H groups in total. The van der Waals surface area contributed by atoms with Crippen molar-refractivity contribution in [2.24, 2.45) is 0 Å². The number of esters is 1. The quantitative estimate of drug-likeness (QED) is 0.627.